The molecule has 0 aliphatic heterocycles. The van der Waals surface area contributed by atoms with Crippen LogP contribution in [0.3, 0.4) is 0 Å². The first-order chi connectivity index (χ1) is 5.84. The summed E-state index contributed by atoms with van der Waals surface area (Å²) in [5.74, 6) is 0.742. The topological polar surface area (TPSA) is 78.1 Å². The van der Waals surface area contributed by atoms with Gasteiger partial charge in [-0.2, -0.15) is 0 Å². The molecule has 0 aromatic rings. The third-order valence-corrected chi connectivity index (χ3v) is 1.64. The molecule has 1 radical (unpaired) electrons. The predicted octanol–water partition coefficient (Wildman–Crippen LogP) is 0.563. The predicted molar refractivity (Wildman–Crippen MR) is 58.1 cm³/mol. The second-order valence-corrected chi connectivity index (χ2v) is 2.21. The molecule has 12 heavy (non-hydrogen) atoms. The highest BCUT2D eigenvalue weighted by Crippen LogP contribution is 2.36. The molecule has 1 aliphatic rings. The summed E-state index contributed by atoms with van der Waals surface area (Å²) in [6.07, 6.45) is 3.37. The van der Waals surface area contributed by atoms with Gasteiger partial charge in [0, 0.05) is 5.38 Å². The monoisotopic (exact) mass is 196 g/mol. The smallest absolute Gasteiger partial charge is 0.0402 e. The minimum Gasteiger partial charge on any atom is -0.333 e. The number of hydrogen-bond donors (Lipinski definition) is 3. The van der Waals surface area contributed by atoms with Crippen molar-refractivity contribution in [3.05, 3.63) is 6.42 Å². The minimum absolute atomic E-state index is 0.412. The summed E-state index contributed by atoms with van der Waals surface area (Å²) in [4.78, 5) is 0. The SMILES string of the molecule is CCC1[CH]C1Cl.CN.CN.CN. The van der Waals surface area contributed by atoms with Gasteiger partial charge in [-0.05, 0) is 33.5 Å². The maximum atomic E-state index is 5.60. The van der Waals surface area contributed by atoms with Crippen LogP contribution in [0, 0.1) is 12.3 Å². The lowest BCUT2D eigenvalue weighted by molar-refractivity contribution is 0.828. The molecule has 0 bridgehead atoms. The largest absolute Gasteiger partial charge is 0.333 e. The Morgan fingerprint density at radius 1 is 1.08 bits per heavy atom. The van der Waals surface area contributed by atoms with Gasteiger partial charge in [0.05, 0.1) is 0 Å². The zero-order chi connectivity index (χ0) is 10.6. The van der Waals surface area contributed by atoms with Gasteiger partial charge in [-0.15, -0.1) is 11.6 Å². The van der Waals surface area contributed by atoms with E-state index in [9.17, 15) is 0 Å². The highest BCUT2D eigenvalue weighted by atomic mass is 35.5. The molecule has 77 valence electrons. The zero-order valence-corrected chi connectivity index (χ0v) is 9.31. The van der Waals surface area contributed by atoms with Gasteiger partial charge >= 0.3 is 0 Å². The van der Waals surface area contributed by atoms with Gasteiger partial charge in [-0.3, -0.25) is 0 Å². The highest BCUT2D eigenvalue weighted by molar-refractivity contribution is 6.24. The summed E-state index contributed by atoms with van der Waals surface area (Å²) >= 11 is 5.60. The lowest BCUT2D eigenvalue weighted by atomic mass is 10.3. The normalized spacial score (nSPS) is 23.0. The van der Waals surface area contributed by atoms with Crippen molar-refractivity contribution in [3.63, 3.8) is 0 Å². The van der Waals surface area contributed by atoms with Crippen LogP contribution in [0.1, 0.15) is 13.3 Å². The van der Waals surface area contributed by atoms with Crippen LogP contribution in [-0.2, 0) is 0 Å². The Morgan fingerprint density at radius 3 is 1.33 bits per heavy atom. The summed E-state index contributed by atoms with van der Waals surface area (Å²) in [7, 11) is 4.50. The van der Waals surface area contributed by atoms with Crippen LogP contribution in [0.15, 0.2) is 0 Å². The summed E-state index contributed by atoms with van der Waals surface area (Å²) < 4.78 is 0. The van der Waals surface area contributed by atoms with E-state index >= 15 is 0 Å². The van der Waals surface area contributed by atoms with Crippen molar-refractivity contribution in [1.29, 1.82) is 0 Å². The molecule has 4 heteroatoms. The first-order valence-corrected chi connectivity index (χ1v) is 4.50. The lowest BCUT2D eigenvalue weighted by Gasteiger charge is -1.77. The molecule has 1 aliphatic carbocycles. The van der Waals surface area contributed by atoms with Crippen molar-refractivity contribution < 1.29 is 0 Å². The van der Waals surface area contributed by atoms with Gasteiger partial charge in [0.1, 0.15) is 0 Å². The summed E-state index contributed by atoms with van der Waals surface area (Å²) in [6, 6.07) is 0. The summed E-state index contributed by atoms with van der Waals surface area (Å²) in [5.41, 5.74) is 13.5. The van der Waals surface area contributed by atoms with Crippen LogP contribution in [0.25, 0.3) is 0 Å². The van der Waals surface area contributed by atoms with Crippen LogP contribution in [0.2, 0.25) is 0 Å². The first-order valence-electron chi connectivity index (χ1n) is 4.07. The van der Waals surface area contributed by atoms with Crippen molar-refractivity contribution in [2.24, 2.45) is 23.1 Å². The quantitative estimate of drug-likeness (QED) is 0.537. The fraction of sp³-hybridized carbons (Fsp3) is 0.875. The van der Waals surface area contributed by atoms with Crippen LogP contribution < -0.4 is 17.2 Å². The van der Waals surface area contributed by atoms with E-state index in [1.54, 1.807) is 0 Å². The maximum Gasteiger partial charge on any atom is 0.0402 e. The molecular formula is C8H23ClN3. The van der Waals surface area contributed by atoms with E-state index in [0.29, 0.717) is 5.38 Å². The molecule has 1 saturated carbocycles. The fourth-order valence-electron chi connectivity index (χ4n) is 0.533. The Kier molecular flexibility index (Phi) is 26.0. The van der Waals surface area contributed by atoms with E-state index in [0.717, 1.165) is 5.92 Å². The molecule has 0 amide bonds. The van der Waals surface area contributed by atoms with Gasteiger partial charge < -0.3 is 17.2 Å². The molecule has 2 unspecified atom stereocenters. The molecule has 0 aromatic carbocycles. The average molecular weight is 197 g/mol. The highest BCUT2D eigenvalue weighted by Gasteiger charge is 2.33. The van der Waals surface area contributed by atoms with Gasteiger partial charge in [0.25, 0.3) is 0 Å². The molecular weight excluding hydrogens is 174 g/mol. The van der Waals surface area contributed by atoms with Crippen LogP contribution in [0.5, 0.6) is 0 Å². The van der Waals surface area contributed by atoms with Gasteiger partial charge in [0.15, 0.2) is 0 Å². The fourth-order valence-corrected chi connectivity index (χ4v) is 0.898. The summed E-state index contributed by atoms with van der Waals surface area (Å²) in [6.45, 7) is 2.16. The van der Waals surface area contributed by atoms with E-state index in [2.05, 4.69) is 30.5 Å². The number of rotatable bonds is 1. The second-order valence-electron chi connectivity index (χ2n) is 1.71. The van der Waals surface area contributed by atoms with E-state index in [1.165, 1.54) is 27.6 Å². The molecule has 0 aromatic heterocycles. The molecule has 1 rings (SSSR count). The van der Waals surface area contributed by atoms with Crippen molar-refractivity contribution in [3.8, 4) is 0 Å². The average Bonchev–Trinajstić information content (AvgIpc) is 2.92. The van der Waals surface area contributed by atoms with Crippen LogP contribution in [-0.4, -0.2) is 26.5 Å². The molecule has 0 heterocycles. The molecule has 1 fully saturated rings. The van der Waals surface area contributed by atoms with E-state index in [-0.39, 0.29) is 0 Å². The van der Waals surface area contributed by atoms with E-state index < -0.39 is 0 Å². The van der Waals surface area contributed by atoms with Gasteiger partial charge in [-0.25, -0.2) is 0 Å². The standard InChI is InChI=1S/C5H8Cl.3CH5N/c1-2-4-3-5(4)6;3*1-2/h3-5H,2H2,1H3;3*2H2,1H3. The minimum atomic E-state index is 0.412. The number of nitrogens with two attached hydrogens (primary N) is 3. The first kappa shape index (κ1) is 18.1. The van der Waals surface area contributed by atoms with E-state index in [1.807, 2.05) is 0 Å². The zero-order valence-electron chi connectivity index (χ0n) is 8.55. The molecule has 3 nitrogen and oxygen atoms in total. The number of alkyl halides is 1. The van der Waals surface area contributed by atoms with Crippen molar-refractivity contribution in [2.75, 3.05) is 21.1 Å². The molecule has 2 atom stereocenters. The molecule has 6 N–H and O–H groups in total. The Hall–Kier alpha value is 0.170. The number of hydrogen-bond acceptors (Lipinski definition) is 3. The van der Waals surface area contributed by atoms with Crippen LogP contribution in [0.4, 0.5) is 0 Å². The van der Waals surface area contributed by atoms with Crippen molar-refractivity contribution in [2.45, 2.75) is 18.7 Å². The third kappa shape index (κ3) is 12.8. The summed E-state index contributed by atoms with van der Waals surface area (Å²) in [5, 5.41) is 0.412. The van der Waals surface area contributed by atoms with Crippen molar-refractivity contribution in [1.82, 2.24) is 0 Å². The Balaban J connectivity index is -0.000000117. The Labute approximate surface area is 81.6 Å². The lowest BCUT2D eigenvalue weighted by Crippen LogP contribution is -1.70. The van der Waals surface area contributed by atoms with Gasteiger partial charge in [0.2, 0.25) is 0 Å². The number of halogens is 1. The maximum absolute atomic E-state index is 5.60. The van der Waals surface area contributed by atoms with Crippen LogP contribution >= 0.6 is 11.6 Å². The Morgan fingerprint density at radius 2 is 1.33 bits per heavy atom. The third-order valence-electron chi connectivity index (χ3n) is 1.17. The second kappa shape index (κ2) is 17.3. The Bertz CT molecular complexity index is 60.3. The van der Waals surface area contributed by atoms with Gasteiger partial charge in [-0.1, -0.05) is 13.3 Å². The molecule has 0 spiro atoms. The molecule has 0 saturated heterocycles. The van der Waals surface area contributed by atoms with E-state index in [4.69, 9.17) is 11.6 Å². The van der Waals surface area contributed by atoms with Crippen molar-refractivity contribution >= 4 is 11.6 Å².